The molecule has 0 spiro atoms. The van der Waals surface area contributed by atoms with Crippen LogP contribution in [-0.2, 0) is 35.7 Å². The van der Waals surface area contributed by atoms with Crippen LogP contribution in [0.4, 0.5) is 11.6 Å². The zero-order valence-electron chi connectivity index (χ0n) is 17.9. The van der Waals surface area contributed by atoms with E-state index in [2.05, 4.69) is 31.5 Å². The molecule has 2 aromatic rings. The summed E-state index contributed by atoms with van der Waals surface area (Å²) in [6.07, 6.45) is 10.4. The third-order valence-corrected chi connectivity index (χ3v) is 9.14. The number of anilines is 2. The summed E-state index contributed by atoms with van der Waals surface area (Å²) < 4.78 is 27.6. The van der Waals surface area contributed by atoms with Gasteiger partial charge in [-0.1, -0.05) is 12.5 Å². The number of rotatable bonds is 5. The van der Waals surface area contributed by atoms with E-state index in [0.717, 1.165) is 44.5 Å². The molecule has 3 heterocycles. The fraction of sp³-hybridized carbons (Fsp3) is 0.636. The van der Waals surface area contributed by atoms with E-state index in [1.54, 1.807) is 0 Å². The van der Waals surface area contributed by atoms with Gasteiger partial charge in [0.2, 0.25) is 5.95 Å². The predicted molar refractivity (Wildman–Crippen MR) is 118 cm³/mol. The first kappa shape index (κ1) is 19.7. The van der Waals surface area contributed by atoms with Gasteiger partial charge in [0.15, 0.2) is 0 Å². The van der Waals surface area contributed by atoms with Gasteiger partial charge in [0, 0.05) is 24.8 Å². The Balaban J connectivity index is 1.19. The summed E-state index contributed by atoms with van der Waals surface area (Å²) in [5.41, 5.74) is 6.70. The molecule has 166 valence electrons. The summed E-state index contributed by atoms with van der Waals surface area (Å²) in [7, 11) is -3.63. The molecule has 0 radical (unpaired) electrons. The van der Waals surface area contributed by atoms with Crippen molar-refractivity contribution >= 4 is 21.7 Å². The molecule has 2 saturated heterocycles. The number of piperidine rings is 1. The maximum absolute atomic E-state index is 13.0. The number of aromatic amines is 1. The summed E-state index contributed by atoms with van der Waals surface area (Å²) in [6, 6.07) is 2.72. The summed E-state index contributed by atoms with van der Waals surface area (Å²) >= 11 is 0. The molecule has 31 heavy (non-hydrogen) atoms. The molecular formula is C22H30N6O2S. The fourth-order valence-corrected chi connectivity index (χ4v) is 7.09. The normalized spacial score (nSPS) is 22.3. The molecule has 1 aromatic heterocycles. The lowest BCUT2D eigenvalue weighted by Crippen LogP contribution is -2.61. The van der Waals surface area contributed by atoms with Crippen LogP contribution >= 0.6 is 0 Å². The first-order valence-corrected chi connectivity index (χ1v) is 13.1. The van der Waals surface area contributed by atoms with Crippen molar-refractivity contribution in [3.05, 3.63) is 28.3 Å². The van der Waals surface area contributed by atoms with E-state index in [1.807, 2.05) is 0 Å². The van der Waals surface area contributed by atoms with Gasteiger partial charge in [0.05, 0.1) is 0 Å². The van der Waals surface area contributed by atoms with Gasteiger partial charge in [-0.05, 0) is 86.7 Å². The van der Waals surface area contributed by atoms with Gasteiger partial charge in [-0.25, -0.2) is 13.5 Å². The molecule has 0 saturated carbocycles. The SMILES string of the molecule is O=S(=O)(c1nc(Nc2c3c(cc4c2CCC4)CCC3)n[nH]1)N1CC(N2CCCCC2)C1. The third-order valence-electron chi connectivity index (χ3n) is 7.49. The second-order valence-corrected chi connectivity index (χ2v) is 11.2. The van der Waals surface area contributed by atoms with Gasteiger partial charge in [0.1, 0.15) is 0 Å². The number of benzene rings is 1. The van der Waals surface area contributed by atoms with Crippen molar-refractivity contribution in [1.29, 1.82) is 0 Å². The van der Waals surface area contributed by atoms with E-state index in [9.17, 15) is 8.42 Å². The molecule has 2 aliphatic carbocycles. The van der Waals surface area contributed by atoms with E-state index in [4.69, 9.17) is 0 Å². The van der Waals surface area contributed by atoms with E-state index in [-0.39, 0.29) is 5.16 Å². The molecule has 8 nitrogen and oxygen atoms in total. The molecule has 0 atom stereocenters. The van der Waals surface area contributed by atoms with Crippen molar-refractivity contribution in [2.75, 3.05) is 31.5 Å². The minimum atomic E-state index is -3.63. The van der Waals surface area contributed by atoms with Crippen LogP contribution in [0.1, 0.15) is 54.4 Å². The van der Waals surface area contributed by atoms with E-state index < -0.39 is 10.0 Å². The highest BCUT2D eigenvalue weighted by molar-refractivity contribution is 7.89. The molecule has 9 heteroatoms. The number of H-pyrrole nitrogens is 1. The molecule has 0 unspecified atom stereocenters. The molecule has 2 N–H and O–H groups in total. The largest absolute Gasteiger partial charge is 0.322 e. The first-order chi connectivity index (χ1) is 15.1. The Kier molecular flexibility index (Phi) is 4.81. The maximum Gasteiger partial charge on any atom is 0.278 e. The Morgan fingerprint density at radius 2 is 1.61 bits per heavy atom. The number of hydrogen-bond acceptors (Lipinski definition) is 6. The van der Waals surface area contributed by atoms with Gasteiger partial charge >= 0.3 is 0 Å². The van der Waals surface area contributed by atoms with Crippen molar-refractivity contribution in [2.45, 2.75) is 69.0 Å². The highest BCUT2D eigenvalue weighted by atomic mass is 32.2. The summed E-state index contributed by atoms with van der Waals surface area (Å²) in [5, 5.41) is 10.2. The fourth-order valence-electron chi connectivity index (χ4n) is 5.75. The van der Waals surface area contributed by atoms with Crippen LogP contribution in [0, 0.1) is 0 Å². The Labute approximate surface area is 183 Å². The molecule has 6 rings (SSSR count). The molecule has 2 aliphatic heterocycles. The van der Waals surface area contributed by atoms with Crippen molar-refractivity contribution in [2.24, 2.45) is 0 Å². The Morgan fingerprint density at radius 3 is 2.29 bits per heavy atom. The van der Waals surface area contributed by atoms with Gasteiger partial charge in [-0.3, -0.25) is 4.90 Å². The summed E-state index contributed by atoms with van der Waals surface area (Å²) in [5.74, 6) is 0.348. The Hall–Kier alpha value is -1.97. The second-order valence-electron chi connectivity index (χ2n) is 9.40. The monoisotopic (exact) mass is 442 g/mol. The zero-order valence-corrected chi connectivity index (χ0v) is 18.7. The van der Waals surface area contributed by atoms with Gasteiger partial charge in [-0.15, -0.1) is 5.10 Å². The number of aromatic nitrogens is 3. The smallest absolute Gasteiger partial charge is 0.278 e. The number of nitrogens with zero attached hydrogens (tertiary/aromatic N) is 4. The average molecular weight is 443 g/mol. The standard InChI is InChI=1S/C22H30N6O2S/c29-31(30,28-13-17(14-28)27-10-2-1-3-11-27)22-24-21(25-26-22)23-20-18-8-4-6-15(18)12-16-7-5-9-19(16)20/h12,17H,1-11,13-14H2,(H2,23,24,25,26). The van der Waals surface area contributed by atoms with Crippen LogP contribution in [0.15, 0.2) is 11.2 Å². The van der Waals surface area contributed by atoms with E-state index in [0.29, 0.717) is 25.1 Å². The van der Waals surface area contributed by atoms with E-state index >= 15 is 0 Å². The molecule has 0 bridgehead atoms. The molecule has 4 aliphatic rings. The van der Waals surface area contributed by atoms with Gasteiger partial charge < -0.3 is 5.32 Å². The van der Waals surface area contributed by atoms with Crippen LogP contribution in [-0.4, -0.2) is 65.0 Å². The minimum absolute atomic E-state index is 0.0590. The topological polar surface area (TPSA) is 94.2 Å². The highest BCUT2D eigenvalue weighted by Crippen LogP contribution is 2.39. The van der Waals surface area contributed by atoms with Gasteiger partial charge in [0.25, 0.3) is 15.2 Å². The molecule has 1 aromatic carbocycles. The quantitative estimate of drug-likeness (QED) is 0.738. The van der Waals surface area contributed by atoms with Crippen LogP contribution in [0.5, 0.6) is 0 Å². The van der Waals surface area contributed by atoms with Crippen molar-refractivity contribution in [3.63, 3.8) is 0 Å². The number of hydrogen-bond donors (Lipinski definition) is 2. The zero-order chi connectivity index (χ0) is 21.0. The number of sulfonamides is 1. The van der Waals surface area contributed by atoms with Crippen molar-refractivity contribution in [1.82, 2.24) is 24.4 Å². The third kappa shape index (κ3) is 3.37. The summed E-state index contributed by atoms with van der Waals surface area (Å²) in [6.45, 7) is 3.26. The van der Waals surface area contributed by atoms with Crippen molar-refractivity contribution < 1.29 is 8.42 Å². The van der Waals surface area contributed by atoms with Crippen LogP contribution in [0.25, 0.3) is 0 Å². The van der Waals surface area contributed by atoms with Crippen LogP contribution < -0.4 is 5.32 Å². The van der Waals surface area contributed by atoms with E-state index in [1.165, 1.54) is 58.7 Å². The Morgan fingerprint density at radius 1 is 0.935 bits per heavy atom. The first-order valence-electron chi connectivity index (χ1n) is 11.7. The lowest BCUT2D eigenvalue weighted by Gasteiger charge is -2.45. The average Bonchev–Trinajstić information content (AvgIpc) is 3.48. The van der Waals surface area contributed by atoms with Crippen LogP contribution in [0.2, 0.25) is 0 Å². The molecule has 2 fully saturated rings. The predicted octanol–water partition coefficient (Wildman–Crippen LogP) is 2.38. The molecule has 0 amide bonds. The van der Waals surface area contributed by atoms with Gasteiger partial charge in [-0.2, -0.15) is 9.29 Å². The highest BCUT2D eigenvalue weighted by Gasteiger charge is 2.41. The van der Waals surface area contributed by atoms with Crippen molar-refractivity contribution in [3.8, 4) is 0 Å². The molecular weight excluding hydrogens is 412 g/mol. The number of aryl methyl sites for hydroxylation is 2. The van der Waals surface area contributed by atoms with Crippen LogP contribution in [0.3, 0.4) is 0 Å². The number of likely N-dealkylation sites (tertiary alicyclic amines) is 1. The Bertz CT molecular complexity index is 1070. The lowest BCUT2D eigenvalue weighted by atomic mass is 9.99. The minimum Gasteiger partial charge on any atom is -0.322 e. The summed E-state index contributed by atoms with van der Waals surface area (Å²) in [4.78, 5) is 6.78. The lowest BCUT2D eigenvalue weighted by molar-refractivity contribution is 0.0714. The second kappa shape index (κ2) is 7.56. The maximum atomic E-state index is 13.0. The number of nitrogens with one attached hydrogen (secondary N) is 2. The number of fused-ring (bicyclic) bond motifs is 2.